The van der Waals surface area contributed by atoms with Gasteiger partial charge in [-0.3, -0.25) is 0 Å². The van der Waals surface area contributed by atoms with Gasteiger partial charge in [0.25, 0.3) is 0 Å². The Morgan fingerprint density at radius 2 is 2.11 bits per heavy atom. The van der Waals surface area contributed by atoms with Gasteiger partial charge in [0, 0.05) is 20.2 Å². The predicted octanol–water partition coefficient (Wildman–Crippen LogP) is 1.58. The van der Waals surface area contributed by atoms with Crippen LogP contribution in [0.1, 0.15) is 6.92 Å². The number of likely N-dealkylation sites (N-methyl/N-ethyl adjacent to an activating group) is 1. The van der Waals surface area contributed by atoms with Crippen LogP contribution in [0.25, 0.3) is 0 Å². The third-order valence-corrected chi connectivity index (χ3v) is 4.99. The first-order valence-corrected chi connectivity index (χ1v) is 7.14. The molecule has 0 bridgehead atoms. The molecule has 0 aromatic heterocycles. The van der Waals surface area contributed by atoms with Crippen molar-refractivity contribution in [3.63, 3.8) is 0 Å². The molecule has 102 valence electrons. The Hall–Kier alpha value is -0.820. The maximum atomic E-state index is 12.3. The minimum absolute atomic E-state index is 0.120. The number of ether oxygens (including phenoxy) is 1. The van der Waals surface area contributed by atoms with Gasteiger partial charge in [-0.05, 0) is 25.1 Å². The molecule has 5 nitrogen and oxygen atoms in total. The maximum Gasteiger partial charge on any atom is 0.243 e. The Morgan fingerprint density at radius 1 is 1.50 bits per heavy atom. The molecule has 2 N–H and O–H groups in total. The number of nitrogens with two attached hydrogens (primary N) is 1. The summed E-state index contributed by atoms with van der Waals surface area (Å²) in [6.07, 6.45) is 0. The van der Waals surface area contributed by atoms with Gasteiger partial charge in [-0.25, -0.2) is 8.42 Å². The molecular formula is C11H17ClN2O3S. The van der Waals surface area contributed by atoms with Crippen molar-refractivity contribution in [2.45, 2.75) is 17.9 Å². The van der Waals surface area contributed by atoms with E-state index in [9.17, 15) is 8.42 Å². The topological polar surface area (TPSA) is 72.6 Å². The fourth-order valence-corrected chi connectivity index (χ4v) is 2.93. The number of halogens is 1. The summed E-state index contributed by atoms with van der Waals surface area (Å²) in [5.74, 6) is 0. The van der Waals surface area contributed by atoms with E-state index in [1.165, 1.54) is 36.7 Å². The van der Waals surface area contributed by atoms with E-state index in [0.717, 1.165) is 0 Å². The van der Waals surface area contributed by atoms with Crippen molar-refractivity contribution in [2.75, 3.05) is 26.5 Å². The lowest BCUT2D eigenvalue weighted by Crippen LogP contribution is -2.37. The standard InChI is InChI=1S/C11H17ClN2O3S/c1-8(7-17-3)14(2)18(15,16)9-4-5-10(12)11(13)6-9/h4-6,8H,7,13H2,1-3H3. The SMILES string of the molecule is COCC(C)N(C)S(=O)(=O)c1ccc(Cl)c(N)c1. The van der Waals surface area contributed by atoms with Crippen LogP contribution in [-0.2, 0) is 14.8 Å². The molecule has 1 rings (SSSR count). The van der Waals surface area contributed by atoms with Gasteiger partial charge < -0.3 is 10.5 Å². The number of nitrogen functional groups attached to an aromatic ring is 1. The van der Waals surface area contributed by atoms with Crippen LogP contribution in [0.5, 0.6) is 0 Å². The van der Waals surface area contributed by atoms with Gasteiger partial charge in [-0.15, -0.1) is 0 Å². The lowest BCUT2D eigenvalue weighted by atomic mass is 10.3. The molecule has 1 aromatic rings. The second kappa shape index (κ2) is 5.88. The van der Waals surface area contributed by atoms with Gasteiger partial charge in [0.1, 0.15) is 0 Å². The minimum atomic E-state index is -3.58. The Labute approximate surface area is 113 Å². The molecule has 0 saturated heterocycles. The van der Waals surface area contributed by atoms with Gasteiger partial charge in [0.05, 0.1) is 22.2 Å². The summed E-state index contributed by atoms with van der Waals surface area (Å²) in [5, 5.41) is 0.335. The fraction of sp³-hybridized carbons (Fsp3) is 0.455. The molecule has 0 aliphatic rings. The van der Waals surface area contributed by atoms with Crippen LogP contribution in [0, 0.1) is 0 Å². The lowest BCUT2D eigenvalue weighted by Gasteiger charge is -2.23. The molecule has 0 fully saturated rings. The molecule has 1 aromatic carbocycles. The quantitative estimate of drug-likeness (QED) is 0.836. The van der Waals surface area contributed by atoms with E-state index in [4.69, 9.17) is 22.1 Å². The van der Waals surface area contributed by atoms with Gasteiger partial charge >= 0.3 is 0 Å². The van der Waals surface area contributed by atoms with E-state index in [2.05, 4.69) is 0 Å². The number of hydrogen-bond donors (Lipinski definition) is 1. The monoisotopic (exact) mass is 292 g/mol. The van der Waals surface area contributed by atoms with E-state index in [1.807, 2.05) is 0 Å². The molecule has 1 unspecified atom stereocenters. The summed E-state index contributed by atoms with van der Waals surface area (Å²) in [6.45, 7) is 2.08. The van der Waals surface area contributed by atoms with Crippen LogP contribution in [0.2, 0.25) is 5.02 Å². The van der Waals surface area contributed by atoms with Gasteiger partial charge in [-0.2, -0.15) is 4.31 Å². The minimum Gasteiger partial charge on any atom is -0.397 e. The van der Waals surface area contributed by atoms with Crippen molar-refractivity contribution in [3.8, 4) is 0 Å². The van der Waals surface area contributed by atoms with Gasteiger partial charge in [-0.1, -0.05) is 11.6 Å². The van der Waals surface area contributed by atoms with E-state index < -0.39 is 10.0 Å². The summed E-state index contributed by atoms with van der Waals surface area (Å²) < 4.78 is 30.8. The zero-order valence-corrected chi connectivity index (χ0v) is 12.1. The van der Waals surface area contributed by atoms with E-state index in [-0.39, 0.29) is 16.6 Å². The van der Waals surface area contributed by atoms with Crippen LogP contribution < -0.4 is 5.73 Å². The van der Waals surface area contributed by atoms with E-state index >= 15 is 0 Å². The lowest BCUT2D eigenvalue weighted by molar-refractivity contribution is 0.149. The molecule has 18 heavy (non-hydrogen) atoms. The van der Waals surface area contributed by atoms with Gasteiger partial charge in [0.2, 0.25) is 10.0 Å². The van der Waals surface area contributed by atoms with Crippen LogP contribution in [-0.4, -0.2) is 39.5 Å². The van der Waals surface area contributed by atoms with E-state index in [0.29, 0.717) is 11.6 Å². The van der Waals surface area contributed by atoms with Crippen LogP contribution in [0.3, 0.4) is 0 Å². The molecule has 1 atom stereocenters. The van der Waals surface area contributed by atoms with Crippen molar-refractivity contribution in [2.24, 2.45) is 0 Å². The number of sulfonamides is 1. The Balaban J connectivity index is 3.09. The Kier molecular flexibility index (Phi) is 4.98. The highest BCUT2D eigenvalue weighted by molar-refractivity contribution is 7.89. The van der Waals surface area contributed by atoms with Gasteiger partial charge in [0.15, 0.2) is 0 Å². The second-order valence-corrected chi connectivity index (χ2v) is 6.41. The Morgan fingerprint density at radius 3 is 2.61 bits per heavy atom. The molecule has 7 heteroatoms. The number of rotatable bonds is 5. The van der Waals surface area contributed by atoms with Crippen LogP contribution >= 0.6 is 11.6 Å². The van der Waals surface area contributed by atoms with Crippen molar-refractivity contribution >= 4 is 27.3 Å². The number of hydrogen-bond acceptors (Lipinski definition) is 4. The first-order chi connectivity index (χ1) is 8.30. The number of methoxy groups -OCH3 is 1. The number of nitrogens with zero attached hydrogens (tertiary/aromatic N) is 1. The zero-order chi connectivity index (χ0) is 13.9. The van der Waals surface area contributed by atoms with Crippen LogP contribution in [0.15, 0.2) is 23.1 Å². The molecule has 0 amide bonds. The number of anilines is 1. The van der Waals surface area contributed by atoms with Crippen molar-refractivity contribution in [3.05, 3.63) is 23.2 Å². The summed E-state index contributed by atoms with van der Waals surface area (Å²) >= 11 is 5.77. The molecule has 0 spiro atoms. The van der Waals surface area contributed by atoms with Crippen molar-refractivity contribution in [1.29, 1.82) is 0 Å². The molecule has 0 aliphatic heterocycles. The average Bonchev–Trinajstić information content (AvgIpc) is 2.31. The second-order valence-electron chi connectivity index (χ2n) is 4.01. The average molecular weight is 293 g/mol. The van der Waals surface area contributed by atoms with Crippen LogP contribution in [0.4, 0.5) is 5.69 Å². The fourth-order valence-electron chi connectivity index (χ4n) is 1.43. The summed E-state index contributed by atoms with van der Waals surface area (Å²) in [6, 6.07) is 3.99. The first-order valence-electron chi connectivity index (χ1n) is 5.32. The molecule has 0 heterocycles. The zero-order valence-electron chi connectivity index (χ0n) is 10.6. The predicted molar refractivity (Wildman–Crippen MR) is 72.2 cm³/mol. The highest BCUT2D eigenvalue weighted by Gasteiger charge is 2.25. The Bertz CT molecular complexity index is 519. The highest BCUT2D eigenvalue weighted by atomic mass is 35.5. The third kappa shape index (κ3) is 3.14. The maximum absolute atomic E-state index is 12.3. The molecule has 0 aliphatic carbocycles. The summed E-state index contributed by atoms with van der Waals surface area (Å²) in [5.41, 5.74) is 5.85. The summed E-state index contributed by atoms with van der Waals surface area (Å²) in [4.78, 5) is 0.120. The normalized spacial score (nSPS) is 13.8. The van der Waals surface area contributed by atoms with E-state index in [1.54, 1.807) is 6.92 Å². The number of benzene rings is 1. The molecule has 0 saturated carbocycles. The molecule has 0 radical (unpaired) electrons. The van der Waals surface area contributed by atoms with Crippen molar-refractivity contribution < 1.29 is 13.2 Å². The highest BCUT2D eigenvalue weighted by Crippen LogP contribution is 2.24. The first kappa shape index (κ1) is 15.2. The third-order valence-electron chi connectivity index (χ3n) is 2.67. The molecular weight excluding hydrogens is 276 g/mol. The largest absolute Gasteiger partial charge is 0.397 e. The smallest absolute Gasteiger partial charge is 0.243 e. The summed E-state index contributed by atoms with van der Waals surface area (Å²) in [7, 11) is -0.556. The van der Waals surface area contributed by atoms with Crippen molar-refractivity contribution in [1.82, 2.24) is 4.31 Å².